The lowest BCUT2D eigenvalue weighted by Gasteiger charge is -2.31. The highest BCUT2D eigenvalue weighted by Gasteiger charge is 2.55. The molecule has 1 amide bonds. The fourth-order valence-electron chi connectivity index (χ4n) is 4.60. The number of methoxy groups -OCH3 is 1. The van der Waals surface area contributed by atoms with Crippen molar-refractivity contribution in [2.75, 3.05) is 7.11 Å². The summed E-state index contributed by atoms with van der Waals surface area (Å²) in [6.07, 6.45) is 1.18. The van der Waals surface area contributed by atoms with E-state index in [-0.39, 0.29) is 24.0 Å². The van der Waals surface area contributed by atoms with Crippen LogP contribution < -0.4 is 10.6 Å². The molecule has 1 saturated carbocycles. The first-order valence-corrected chi connectivity index (χ1v) is 11.0. The van der Waals surface area contributed by atoms with Gasteiger partial charge in [0.1, 0.15) is 11.6 Å². The van der Waals surface area contributed by atoms with E-state index in [0.29, 0.717) is 24.3 Å². The minimum Gasteiger partial charge on any atom is -0.458 e. The lowest BCUT2D eigenvalue weighted by molar-refractivity contribution is -0.159. The molecule has 1 aliphatic carbocycles. The molecule has 1 saturated heterocycles. The highest BCUT2D eigenvalue weighted by atomic mass is 16.6. The van der Waals surface area contributed by atoms with Crippen LogP contribution >= 0.6 is 0 Å². The smallest absolute Gasteiger partial charge is 0.329 e. The number of nitrogens with one attached hydrogen (secondary N) is 2. The molecule has 7 atom stereocenters. The molecule has 1 aliphatic heterocycles. The van der Waals surface area contributed by atoms with Gasteiger partial charge in [0.15, 0.2) is 0 Å². The Balaban J connectivity index is 1.67. The summed E-state index contributed by atoms with van der Waals surface area (Å²) in [7, 11) is 1.65. The van der Waals surface area contributed by atoms with Gasteiger partial charge in [0.2, 0.25) is 5.91 Å². The van der Waals surface area contributed by atoms with E-state index in [1.54, 1.807) is 7.11 Å². The Labute approximate surface area is 180 Å². The van der Waals surface area contributed by atoms with Crippen molar-refractivity contribution in [3.8, 4) is 0 Å². The number of benzene rings is 1. The quantitative estimate of drug-likeness (QED) is 0.637. The topological polar surface area (TPSA) is 76.7 Å². The standard InChI is InChI=1S/C24H36N2O4/c1-14-17-13-18(25-20(14)17)21(29-6)15(2)22(27)26-19(23(28)30-24(3,4)5)12-16-10-8-7-9-11-16/h7-11,14-15,17-21,25H,12-13H2,1-6H3,(H,26,27)/t14-,15+,17+,18-,19-,20-,21+/m0/s1. The zero-order valence-corrected chi connectivity index (χ0v) is 19.0. The summed E-state index contributed by atoms with van der Waals surface area (Å²) in [5, 5.41) is 6.55. The van der Waals surface area contributed by atoms with Gasteiger partial charge in [-0.1, -0.05) is 44.2 Å². The third-order valence-electron chi connectivity index (χ3n) is 6.36. The molecular weight excluding hydrogens is 380 g/mol. The molecule has 0 spiro atoms. The lowest BCUT2D eigenvalue weighted by Crippen LogP contribution is -2.52. The molecule has 2 aliphatic rings. The van der Waals surface area contributed by atoms with Crippen molar-refractivity contribution in [3.63, 3.8) is 0 Å². The maximum Gasteiger partial charge on any atom is 0.329 e. The highest BCUT2D eigenvalue weighted by Crippen LogP contribution is 2.48. The second kappa shape index (κ2) is 9.06. The van der Waals surface area contributed by atoms with E-state index in [4.69, 9.17) is 9.47 Å². The Morgan fingerprint density at radius 1 is 1.23 bits per heavy atom. The fraction of sp³-hybridized carbons (Fsp3) is 0.667. The first kappa shape index (κ1) is 22.8. The molecule has 0 unspecified atom stereocenters. The SMILES string of the molecule is CO[C@@H]([C@@H]1C[C@@H]2[C@H](C)[C@@H]2N1)[C@@H](C)C(=O)N[C@@H](Cc1ccccc1)C(=O)OC(C)(C)C. The number of carbonyl (C=O) groups is 2. The summed E-state index contributed by atoms with van der Waals surface area (Å²) in [5.74, 6) is 0.404. The van der Waals surface area contributed by atoms with Crippen LogP contribution in [-0.2, 0) is 25.5 Å². The van der Waals surface area contributed by atoms with Gasteiger partial charge >= 0.3 is 5.97 Å². The molecule has 1 heterocycles. The number of hydrogen-bond acceptors (Lipinski definition) is 5. The Kier molecular flexibility index (Phi) is 6.88. The van der Waals surface area contributed by atoms with E-state index in [1.165, 1.54) is 0 Å². The first-order chi connectivity index (χ1) is 14.1. The van der Waals surface area contributed by atoms with Gasteiger partial charge in [0.25, 0.3) is 0 Å². The molecule has 6 heteroatoms. The largest absolute Gasteiger partial charge is 0.458 e. The molecule has 2 N–H and O–H groups in total. The van der Waals surface area contributed by atoms with E-state index in [2.05, 4.69) is 17.6 Å². The molecule has 3 rings (SSSR count). The number of amides is 1. The van der Waals surface area contributed by atoms with Crippen LogP contribution in [-0.4, -0.2) is 48.8 Å². The minimum atomic E-state index is -0.746. The number of piperidine rings is 1. The first-order valence-electron chi connectivity index (χ1n) is 11.0. The molecule has 0 radical (unpaired) electrons. The van der Waals surface area contributed by atoms with Crippen LogP contribution in [0.1, 0.15) is 46.6 Å². The van der Waals surface area contributed by atoms with Crippen molar-refractivity contribution in [1.82, 2.24) is 10.6 Å². The predicted molar refractivity (Wildman–Crippen MR) is 116 cm³/mol. The third kappa shape index (κ3) is 5.41. The molecule has 6 nitrogen and oxygen atoms in total. The van der Waals surface area contributed by atoms with Gasteiger partial charge in [-0.3, -0.25) is 4.79 Å². The van der Waals surface area contributed by atoms with Crippen LogP contribution in [0.4, 0.5) is 0 Å². The summed E-state index contributed by atoms with van der Waals surface area (Å²) in [4.78, 5) is 25.9. The van der Waals surface area contributed by atoms with Gasteiger partial charge < -0.3 is 20.1 Å². The average molecular weight is 417 g/mol. The van der Waals surface area contributed by atoms with E-state index in [0.717, 1.165) is 12.0 Å². The van der Waals surface area contributed by atoms with Crippen molar-refractivity contribution >= 4 is 11.9 Å². The van der Waals surface area contributed by atoms with Crippen LogP contribution in [0.3, 0.4) is 0 Å². The number of carbonyl (C=O) groups excluding carboxylic acids is 2. The summed E-state index contributed by atoms with van der Waals surface area (Å²) in [5.41, 5.74) is 0.347. The van der Waals surface area contributed by atoms with E-state index in [9.17, 15) is 9.59 Å². The zero-order valence-electron chi connectivity index (χ0n) is 19.0. The Hall–Kier alpha value is -1.92. The number of ether oxygens (including phenoxy) is 2. The van der Waals surface area contributed by atoms with Crippen LogP contribution in [0.2, 0.25) is 0 Å². The molecule has 2 fully saturated rings. The van der Waals surface area contributed by atoms with Crippen LogP contribution in [0.5, 0.6) is 0 Å². The molecular formula is C24H36N2O4. The van der Waals surface area contributed by atoms with Gasteiger partial charge in [-0.25, -0.2) is 4.79 Å². The van der Waals surface area contributed by atoms with Gasteiger partial charge in [-0.05, 0) is 44.6 Å². The normalized spacial score (nSPS) is 28.2. The third-order valence-corrected chi connectivity index (χ3v) is 6.36. The summed E-state index contributed by atoms with van der Waals surface area (Å²) in [6.45, 7) is 9.61. The minimum absolute atomic E-state index is 0.163. The predicted octanol–water partition coefficient (Wildman–Crippen LogP) is 2.70. The van der Waals surface area contributed by atoms with Crippen molar-refractivity contribution in [3.05, 3.63) is 35.9 Å². The molecule has 166 valence electrons. The number of hydrogen-bond donors (Lipinski definition) is 2. The molecule has 1 aromatic rings. The Bertz CT molecular complexity index is 733. The fourth-order valence-corrected chi connectivity index (χ4v) is 4.60. The molecule has 1 aromatic carbocycles. The molecule has 0 bridgehead atoms. The van der Waals surface area contributed by atoms with E-state index >= 15 is 0 Å². The highest BCUT2D eigenvalue weighted by molar-refractivity contribution is 5.86. The van der Waals surface area contributed by atoms with Crippen LogP contribution in [0, 0.1) is 17.8 Å². The van der Waals surface area contributed by atoms with E-state index < -0.39 is 17.6 Å². The lowest BCUT2D eigenvalue weighted by atomic mass is 9.93. The molecule has 30 heavy (non-hydrogen) atoms. The van der Waals surface area contributed by atoms with Crippen molar-refractivity contribution in [2.45, 2.75) is 77.3 Å². The average Bonchev–Trinajstić information content (AvgIpc) is 3.08. The monoisotopic (exact) mass is 416 g/mol. The summed E-state index contributed by atoms with van der Waals surface area (Å²) in [6, 6.07) is 9.63. The zero-order chi connectivity index (χ0) is 22.1. The van der Waals surface area contributed by atoms with Gasteiger partial charge in [0, 0.05) is 25.6 Å². The number of fused-ring (bicyclic) bond motifs is 1. The second-order valence-electron chi connectivity index (χ2n) is 9.83. The Morgan fingerprint density at radius 3 is 2.43 bits per heavy atom. The number of rotatable bonds is 8. The molecule has 0 aromatic heterocycles. The van der Waals surface area contributed by atoms with Crippen molar-refractivity contribution in [1.29, 1.82) is 0 Å². The summed E-state index contributed by atoms with van der Waals surface area (Å²) >= 11 is 0. The maximum absolute atomic E-state index is 13.1. The number of esters is 1. The van der Waals surface area contributed by atoms with Gasteiger partial charge in [0.05, 0.1) is 12.0 Å². The van der Waals surface area contributed by atoms with Crippen LogP contribution in [0.15, 0.2) is 30.3 Å². The van der Waals surface area contributed by atoms with Crippen LogP contribution in [0.25, 0.3) is 0 Å². The maximum atomic E-state index is 13.1. The van der Waals surface area contributed by atoms with Crippen molar-refractivity contribution < 1.29 is 19.1 Å². The van der Waals surface area contributed by atoms with Gasteiger partial charge in [-0.15, -0.1) is 0 Å². The second-order valence-corrected chi connectivity index (χ2v) is 9.83. The summed E-state index contributed by atoms with van der Waals surface area (Å²) < 4.78 is 11.3. The van der Waals surface area contributed by atoms with Crippen molar-refractivity contribution in [2.24, 2.45) is 17.8 Å². The Morgan fingerprint density at radius 2 is 1.90 bits per heavy atom. The van der Waals surface area contributed by atoms with E-state index in [1.807, 2.05) is 58.0 Å². The van der Waals surface area contributed by atoms with Gasteiger partial charge in [-0.2, -0.15) is 0 Å².